The number of ether oxygens (including phenoxy) is 1. The van der Waals surface area contributed by atoms with Gasteiger partial charge in [-0.1, -0.05) is 42.1 Å². The number of nitrogens with zero attached hydrogens (tertiary/aromatic N) is 4. The first-order valence-corrected chi connectivity index (χ1v) is 14.8. The van der Waals surface area contributed by atoms with E-state index in [0.29, 0.717) is 17.3 Å². The number of pyridine rings is 1. The zero-order valence-electron chi connectivity index (χ0n) is 24.4. The molecular formula is C29H29N5O11S. The molecule has 3 amide bonds. The molecule has 3 aliphatic rings. The van der Waals surface area contributed by atoms with Gasteiger partial charge in [0.05, 0.1) is 29.2 Å². The van der Waals surface area contributed by atoms with Gasteiger partial charge in [0.2, 0.25) is 11.8 Å². The van der Waals surface area contributed by atoms with E-state index in [1.54, 1.807) is 30.3 Å². The average Bonchev–Trinajstić information content (AvgIpc) is 3.51. The minimum atomic E-state index is -2.11. The Bertz CT molecular complexity index is 1650. The molecule has 5 unspecified atom stereocenters. The van der Waals surface area contributed by atoms with Crippen LogP contribution in [0.1, 0.15) is 36.3 Å². The van der Waals surface area contributed by atoms with Crippen LogP contribution in [0.15, 0.2) is 60.4 Å². The van der Waals surface area contributed by atoms with E-state index >= 15 is 0 Å². The number of anilines is 1. The maximum absolute atomic E-state index is 13.6. The lowest BCUT2D eigenvalue weighted by molar-refractivity contribution is -0.534. The van der Waals surface area contributed by atoms with Gasteiger partial charge in [0.1, 0.15) is 30.6 Å². The number of benzene rings is 1. The van der Waals surface area contributed by atoms with E-state index in [4.69, 9.17) is 4.74 Å². The third-order valence-electron chi connectivity index (χ3n) is 8.19. The van der Waals surface area contributed by atoms with Crippen LogP contribution in [0.2, 0.25) is 0 Å². The number of carboxylic acids is 2. The smallest absolute Gasteiger partial charge is 0.411 e. The van der Waals surface area contributed by atoms with Crippen LogP contribution in [0.3, 0.4) is 0 Å². The lowest BCUT2D eigenvalue weighted by Gasteiger charge is -2.50. The van der Waals surface area contributed by atoms with Crippen molar-refractivity contribution in [2.75, 3.05) is 11.9 Å². The van der Waals surface area contributed by atoms with Crippen molar-refractivity contribution < 1.29 is 49.0 Å². The number of thioether (sulfide) groups is 1. The molecule has 1 aromatic heterocycles. The van der Waals surface area contributed by atoms with Crippen LogP contribution in [0.5, 0.6) is 0 Å². The number of aliphatic hydroxyl groups excluding tert-OH is 1. The first-order chi connectivity index (χ1) is 21.7. The van der Waals surface area contributed by atoms with Gasteiger partial charge in [-0.3, -0.25) is 24.6 Å². The summed E-state index contributed by atoms with van der Waals surface area (Å²) < 4.78 is 4.01. The number of carbonyl (C=O) groups is 5. The fourth-order valence-electron chi connectivity index (χ4n) is 6.13. The highest BCUT2D eigenvalue weighted by Crippen LogP contribution is 2.57. The molecule has 1 aromatic carbocycles. The molecule has 4 N–H and O–H groups in total. The average molecular weight is 656 g/mol. The highest BCUT2D eigenvalue weighted by Gasteiger charge is 2.68. The molecule has 16 nitrogen and oxygen atoms in total. The summed E-state index contributed by atoms with van der Waals surface area (Å²) in [6.07, 6.45) is -0.403. The number of likely N-dealkylation sites (tertiary alicyclic amines) is 1. The number of aromatic nitrogens is 1. The van der Waals surface area contributed by atoms with E-state index in [1.165, 1.54) is 26.0 Å². The number of aliphatic carboxylic acids is 1. The summed E-state index contributed by atoms with van der Waals surface area (Å²) in [6.45, 7) is 2.03. The van der Waals surface area contributed by atoms with E-state index in [-0.39, 0.29) is 18.0 Å². The molecule has 0 radical (unpaired) electrons. The van der Waals surface area contributed by atoms with Gasteiger partial charge in [-0.15, -0.1) is 0 Å². The van der Waals surface area contributed by atoms with Gasteiger partial charge >= 0.3 is 18.0 Å². The van der Waals surface area contributed by atoms with Gasteiger partial charge in [-0.05, 0) is 37.6 Å². The molecule has 0 saturated carbocycles. The molecule has 4 heterocycles. The molecule has 2 aromatic rings. The predicted molar refractivity (Wildman–Crippen MR) is 159 cm³/mol. The van der Waals surface area contributed by atoms with E-state index in [0.717, 1.165) is 22.1 Å². The number of rotatable bonds is 10. The molecule has 46 heavy (non-hydrogen) atoms. The van der Waals surface area contributed by atoms with Crippen molar-refractivity contribution in [2.45, 2.75) is 54.7 Å². The van der Waals surface area contributed by atoms with Crippen molar-refractivity contribution in [3.63, 3.8) is 0 Å². The second kappa shape index (κ2) is 12.1. The lowest BCUT2D eigenvalue weighted by Crippen LogP contribution is -2.67. The molecular weight excluding hydrogens is 626 g/mol. The molecule has 17 heteroatoms. The van der Waals surface area contributed by atoms with Crippen LogP contribution in [-0.4, -0.2) is 99.2 Å². The van der Waals surface area contributed by atoms with E-state index < -0.39 is 87.2 Å². The maximum Gasteiger partial charge on any atom is 0.411 e. The Morgan fingerprint density at radius 3 is 2.50 bits per heavy atom. The number of nitro groups is 1. The second-order valence-electron chi connectivity index (χ2n) is 11.4. The van der Waals surface area contributed by atoms with Crippen molar-refractivity contribution in [1.82, 2.24) is 14.8 Å². The number of aliphatic hydroxyl groups is 1. The lowest BCUT2D eigenvalue weighted by atomic mass is 9.78. The van der Waals surface area contributed by atoms with Gasteiger partial charge in [-0.2, -0.15) is 0 Å². The molecule has 0 bridgehead atoms. The van der Waals surface area contributed by atoms with Gasteiger partial charge < -0.3 is 30.3 Å². The van der Waals surface area contributed by atoms with Crippen LogP contribution < -0.4 is 5.32 Å². The van der Waals surface area contributed by atoms with E-state index in [1.807, 2.05) is 0 Å². The van der Waals surface area contributed by atoms with E-state index in [2.05, 4.69) is 10.3 Å². The number of fused-ring (bicyclic) bond motifs is 1. The summed E-state index contributed by atoms with van der Waals surface area (Å²) in [4.78, 5) is 79.0. The molecule has 0 aliphatic carbocycles. The summed E-state index contributed by atoms with van der Waals surface area (Å²) in [5, 5.41) is 44.8. The van der Waals surface area contributed by atoms with Gasteiger partial charge in [0.25, 0.3) is 4.87 Å². The number of carboxylic acid groups (broad SMARTS) is 2. The van der Waals surface area contributed by atoms with Crippen molar-refractivity contribution in [2.24, 2.45) is 5.92 Å². The number of amides is 3. The fourth-order valence-corrected chi connectivity index (χ4v) is 8.01. The summed E-state index contributed by atoms with van der Waals surface area (Å²) in [5.41, 5.74) is -0.131. The zero-order valence-corrected chi connectivity index (χ0v) is 25.2. The highest BCUT2D eigenvalue weighted by molar-refractivity contribution is 8.02. The molecule has 5 rings (SSSR count). The minimum absolute atomic E-state index is 0.0152. The van der Waals surface area contributed by atoms with Crippen molar-refractivity contribution in [3.8, 4) is 0 Å². The first-order valence-electron chi connectivity index (χ1n) is 14.0. The van der Waals surface area contributed by atoms with Crippen molar-refractivity contribution >= 4 is 47.3 Å². The quantitative estimate of drug-likeness (QED) is 0.124. The van der Waals surface area contributed by atoms with Crippen LogP contribution in [0.4, 0.5) is 10.5 Å². The third-order valence-corrected chi connectivity index (χ3v) is 9.81. The normalized spacial score (nSPS) is 27.2. The molecule has 0 spiro atoms. The Labute approximate surface area is 265 Å². The second-order valence-corrected chi connectivity index (χ2v) is 13.2. The van der Waals surface area contributed by atoms with Gasteiger partial charge in [0.15, 0.2) is 0 Å². The highest BCUT2D eigenvalue weighted by atomic mass is 32.2. The molecule has 242 valence electrons. The fraction of sp³-hybridized carbons (Fsp3) is 0.379. The number of aromatic carboxylic acids is 1. The Morgan fingerprint density at radius 2 is 1.89 bits per heavy atom. The SMILES string of the molecule is CC(O)C1C(=O)N2C(C(=O)O)=CC(C)(SC3([N+](=O)[O-])CC(C(=O)Nc4ccnc(C(=O)O)c4)N(C(=O)OCc4ccccc4)C3)[C@H]12. The largest absolute Gasteiger partial charge is 0.477 e. The van der Waals surface area contributed by atoms with Crippen molar-refractivity contribution in [3.05, 3.63) is 81.8 Å². The van der Waals surface area contributed by atoms with Crippen LogP contribution in [-0.2, 0) is 25.7 Å². The monoisotopic (exact) mass is 655 g/mol. The summed E-state index contributed by atoms with van der Waals surface area (Å²) in [7, 11) is 0. The van der Waals surface area contributed by atoms with Gasteiger partial charge in [-0.25, -0.2) is 19.4 Å². The van der Waals surface area contributed by atoms with Crippen LogP contribution >= 0.6 is 11.8 Å². The Morgan fingerprint density at radius 1 is 1.20 bits per heavy atom. The Hall–Kier alpha value is -5.03. The molecule has 3 aliphatic heterocycles. The topological polar surface area (TPSA) is 230 Å². The number of nitrogens with one attached hydrogen (secondary N) is 1. The Balaban J connectivity index is 1.48. The third kappa shape index (κ3) is 5.74. The van der Waals surface area contributed by atoms with Crippen LogP contribution in [0, 0.1) is 16.0 Å². The zero-order chi connectivity index (χ0) is 33.6. The minimum Gasteiger partial charge on any atom is -0.477 e. The number of β-lactam (4-membered cyclic amide) rings is 1. The number of hydrogen-bond acceptors (Lipinski definition) is 11. The predicted octanol–water partition coefficient (Wildman–Crippen LogP) is 1.78. The molecule has 2 fully saturated rings. The first kappa shape index (κ1) is 32.4. The summed E-state index contributed by atoms with van der Waals surface area (Å²) in [6, 6.07) is 8.55. The molecule has 6 atom stereocenters. The molecule has 2 saturated heterocycles. The van der Waals surface area contributed by atoms with Crippen molar-refractivity contribution in [1.29, 1.82) is 0 Å². The maximum atomic E-state index is 13.6. The summed E-state index contributed by atoms with van der Waals surface area (Å²) >= 11 is 0.689. The Kier molecular flexibility index (Phi) is 8.48. The van der Waals surface area contributed by atoms with E-state index in [9.17, 15) is 49.4 Å². The summed E-state index contributed by atoms with van der Waals surface area (Å²) in [5.74, 6) is -5.35. The van der Waals surface area contributed by atoms with Crippen LogP contribution in [0.25, 0.3) is 0 Å². The van der Waals surface area contributed by atoms with Gasteiger partial charge in [0, 0.05) is 16.8 Å². The number of hydrogen-bond donors (Lipinski definition) is 4. The number of carbonyl (C=O) groups excluding carboxylic acids is 3. The standard InChI is InChI=1S/C29H29N5O11S/c1-15(35)21-22-28(2,11-20(26(40)41)33(22)24(21)37)46-29(34(43)44)12-19(23(36)31-17-8-9-30-18(10-17)25(38)39)32(14-29)27(42)45-13-16-6-4-3-5-7-16/h3-11,15,19,21-22,35H,12-14H2,1-2H3,(H,38,39)(H,40,41)(H,30,31,36)/t15?,19?,21?,22-,28?,29?/m0/s1.